The van der Waals surface area contributed by atoms with Crippen molar-refractivity contribution < 1.29 is 0 Å². The Balaban J connectivity index is 1.53. The Bertz CT molecular complexity index is 217. The Morgan fingerprint density at radius 1 is 1.00 bits per heavy atom. The molecule has 3 saturated carbocycles. The zero-order valence-electron chi connectivity index (χ0n) is 10.0. The van der Waals surface area contributed by atoms with Gasteiger partial charge in [0.25, 0.3) is 0 Å². The molecule has 3 fully saturated rings. The fourth-order valence-electron chi connectivity index (χ4n) is 3.45. The molecule has 1 N–H and O–H groups in total. The molecule has 15 heavy (non-hydrogen) atoms. The van der Waals surface area contributed by atoms with Crippen molar-refractivity contribution in [3.63, 3.8) is 0 Å². The lowest BCUT2D eigenvalue weighted by molar-refractivity contribution is 0.163. The zero-order valence-corrected chi connectivity index (χ0v) is 10.0. The minimum Gasteiger partial charge on any atom is -0.314 e. The van der Waals surface area contributed by atoms with E-state index < -0.39 is 0 Å². The maximum atomic E-state index is 3.75. The molecule has 0 aromatic carbocycles. The van der Waals surface area contributed by atoms with E-state index in [2.05, 4.69) is 12.2 Å². The highest BCUT2D eigenvalue weighted by Gasteiger charge is 2.39. The molecule has 3 atom stereocenters. The summed E-state index contributed by atoms with van der Waals surface area (Å²) in [5, 5.41) is 3.75. The zero-order chi connectivity index (χ0) is 10.3. The first-order valence-corrected chi connectivity index (χ1v) is 7.06. The van der Waals surface area contributed by atoms with Gasteiger partial charge in [-0.15, -0.1) is 0 Å². The fraction of sp³-hybridized carbons (Fsp3) is 1.00. The Labute approximate surface area is 94.0 Å². The number of hydrogen-bond donors (Lipinski definition) is 1. The normalized spacial score (nSPS) is 41.8. The molecule has 3 aliphatic rings. The summed E-state index contributed by atoms with van der Waals surface area (Å²) in [6.07, 6.45) is 10.5. The first kappa shape index (κ1) is 10.1. The lowest BCUT2D eigenvalue weighted by atomic mass is 9.72. The van der Waals surface area contributed by atoms with Crippen LogP contribution in [0.15, 0.2) is 0 Å². The van der Waals surface area contributed by atoms with Crippen molar-refractivity contribution in [2.75, 3.05) is 6.54 Å². The predicted octanol–water partition coefficient (Wildman–Crippen LogP) is 3.20. The molecular formula is C14H25N. The van der Waals surface area contributed by atoms with Gasteiger partial charge in [0.15, 0.2) is 0 Å². The molecule has 1 nitrogen and oxygen atoms in total. The second-order valence-corrected chi connectivity index (χ2v) is 6.36. The average Bonchev–Trinajstić information content (AvgIpc) is 3.10. The van der Waals surface area contributed by atoms with Gasteiger partial charge in [-0.2, -0.15) is 0 Å². The second kappa shape index (κ2) is 4.08. The molecule has 3 rings (SSSR count). The lowest BCUT2D eigenvalue weighted by Crippen LogP contribution is -2.34. The van der Waals surface area contributed by atoms with E-state index in [0.717, 1.165) is 29.7 Å². The van der Waals surface area contributed by atoms with Crippen molar-refractivity contribution >= 4 is 0 Å². The highest BCUT2D eigenvalue weighted by molar-refractivity contribution is 4.91. The standard InChI is InChI=1S/C14H25N/c1-10-2-3-12(9-15-13-6-7-13)14(8-10)11-4-5-11/h10-15H,2-9H2,1H3. The topological polar surface area (TPSA) is 12.0 Å². The summed E-state index contributed by atoms with van der Waals surface area (Å²) >= 11 is 0. The third-order valence-electron chi connectivity index (χ3n) is 4.78. The minimum absolute atomic E-state index is 0.907. The van der Waals surface area contributed by atoms with Crippen molar-refractivity contribution in [2.24, 2.45) is 23.7 Å². The van der Waals surface area contributed by atoms with Crippen LogP contribution in [0.1, 0.15) is 51.9 Å². The van der Waals surface area contributed by atoms with Crippen molar-refractivity contribution in [1.82, 2.24) is 5.32 Å². The molecule has 0 aliphatic heterocycles. The Hall–Kier alpha value is -0.0400. The van der Waals surface area contributed by atoms with Crippen molar-refractivity contribution in [3.8, 4) is 0 Å². The highest BCUT2D eigenvalue weighted by atomic mass is 14.9. The third-order valence-corrected chi connectivity index (χ3v) is 4.78. The molecule has 0 heterocycles. The van der Waals surface area contributed by atoms with Gasteiger partial charge in [0.1, 0.15) is 0 Å². The van der Waals surface area contributed by atoms with Gasteiger partial charge in [0, 0.05) is 6.04 Å². The van der Waals surface area contributed by atoms with Gasteiger partial charge in [0.2, 0.25) is 0 Å². The second-order valence-electron chi connectivity index (χ2n) is 6.36. The van der Waals surface area contributed by atoms with Crippen LogP contribution in [-0.4, -0.2) is 12.6 Å². The van der Waals surface area contributed by atoms with E-state index in [1.165, 1.54) is 51.5 Å². The molecule has 3 unspecified atom stereocenters. The Morgan fingerprint density at radius 2 is 1.80 bits per heavy atom. The summed E-state index contributed by atoms with van der Waals surface area (Å²) in [6, 6.07) is 0.907. The predicted molar refractivity (Wildman–Crippen MR) is 63.7 cm³/mol. The Morgan fingerprint density at radius 3 is 2.47 bits per heavy atom. The molecule has 0 aromatic rings. The van der Waals surface area contributed by atoms with Crippen molar-refractivity contribution in [3.05, 3.63) is 0 Å². The first-order chi connectivity index (χ1) is 7.33. The maximum absolute atomic E-state index is 3.75. The third kappa shape index (κ3) is 2.55. The van der Waals surface area contributed by atoms with Gasteiger partial charge in [-0.05, 0) is 68.7 Å². The lowest BCUT2D eigenvalue weighted by Gasteiger charge is -2.35. The monoisotopic (exact) mass is 207 g/mol. The van der Waals surface area contributed by atoms with Gasteiger partial charge in [-0.25, -0.2) is 0 Å². The van der Waals surface area contributed by atoms with Crippen LogP contribution in [0, 0.1) is 23.7 Å². The van der Waals surface area contributed by atoms with Crippen LogP contribution in [0.4, 0.5) is 0 Å². The molecule has 0 amide bonds. The smallest absolute Gasteiger partial charge is 0.00683 e. The summed E-state index contributed by atoms with van der Waals surface area (Å²) < 4.78 is 0. The molecule has 0 aromatic heterocycles. The van der Waals surface area contributed by atoms with Crippen molar-refractivity contribution in [1.29, 1.82) is 0 Å². The first-order valence-electron chi connectivity index (χ1n) is 7.06. The van der Waals surface area contributed by atoms with Gasteiger partial charge >= 0.3 is 0 Å². The largest absolute Gasteiger partial charge is 0.314 e. The number of hydrogen-bond acceptors (Lipinski definition) is 1. The molecule has 0 spiro atoms. The molecule has 1 heteroatoms. The molecule has 0 bridgehead atoms. The van der Waals surface area contributed by atoms with Crippen molar-refractivity contribution in [2.45, 2.75) is 57.9 Å². The molecule has 86 valence electrons. The van der Waals surface area contributed by atoms with Crippen LogP contribution in [-0.2, 0) is 0 Å². The molecule has 0 radical (unpaired) electrons. The van der Waals surface area contributed by atoms with E-state index in [-0.39, 0.29) is 0 Å². The SMILES string of the molecule is CC1CCC(CNC2CC2)C(C2CC2)C1. The van der Waals surface area contributed by atoms with Gasteiger partial charge < -0.3 is 5.32 Å². The Kier molecular flexibility index (Phi) is 2.76. The maximum Gasteiger partial charge on any atom is 0.00683 e. The fourth-order valence-corrected chi connectivity index (χ4v) is 3.45. The van der Waals surface area contributed by atoms with Crippen LogP contribution in [0.2, 0.25) is 0 Å². The van der Waals surface area contributed by atoms with Gasteiger partial charge in [0.05, 0.1) is 0 Å². The minimum atomic E-state index is 0.907. The van der Waals surface area contributed by atoms with E-state index in [1.54, 1.807) is 0 Å². The summed E-state index contributed by atoms with van der Waals surface area (Å²) in [5.41, 5.74) is 0. The molecular weight excluding hydrogens is 182 g/mol. The van der Waals surface area contributed by atoms with E-state index in [9.17, 15) is 0 Å². The summed E-state index contributed by atoms with van der Waals surface area (Å²) in [5.74, 6) is 4.24. The van der Waals surface area contributed by atoms with E-state index in [4.69, 9.17) is 0 Å². The summed E-state index contributed by atoms with van der Waals surface area (Å²) in [4.78, 5) is 0. The van der Waals surface area contributed by atoms with Gasteiger partial charge in [-0.1, -0.05) is 13.3 Å². The summed E-state index contributed by atoms with van der Waals surface area (Å²) in [7, 11) is 0. The van der Waals surface area contributed by atoms with Crippen LogP contribution >= 0.6 is 0 Å². The van der Waals surface area contributed by atoms with Gasteiger partial charge in [-0.3, -0.25) is 0 Å². The number of rotatable bonds is 4. The molecule has 0 saturated heterocycles. The van der Waals surface area contributed by atoms with Crippen LogP contribution < -0.4 is 5.32 Å². The van der Waals surface area contributed by atoms with Crippen LogP contribution in [0.25, 0.3) is 0 Å². The average molecular weight is 207 g/mol. The van der Waals surface area contributed by atoms with E-state index in [0.29, 0.717) is 0 Å². The molecule has 3 aliphatic carbocycles. The highest BCUT2D eigenvalue weighted by Crippen LogP contribution is 2.48. The van der Waals surface area contributed by atoms with E-state index in [1.807, 2.05) is 0 Å². The number of nitrogens with one attached hydrogen (secondary N) is 1. The quantitative estimate of drug-likeness (QED) is 0.746. The van der Waals surface area contributed by atoms with Crippen LogP contribution in [0.5, 0.6) is 0 Å². The van der Waals surface area contributed by atoms with Crippen LogP contribution in [0.3, 0.4) is 0 Å². The van der Waals surface area contributed by atoms with E-state index >= 15 is 0 Å². The summed E-state index contributed by atoms with van der Waals surface area (Å²) in [6.45, 7) is 3.79.